The first-order chi connectivity index (χ1) is 8.65. The number of nitriles is 2. The van der Waals surface area contributed by atoms with Crippen LogP contribution in [0.2, 0.25) is 0 Å². The molecular formula is C14H14N2O2. The predicted octanol–water partition coefficient (Wildman–Crippen LogP) is 2.61. The van der Waals surface area contributed by atoms with Crippen molar-refractivity contribution >= 4 is 0 Å². The smallest absolute Gasteiger partial charge is 0.160 e. The SMILES string of the molecule is COc1ccc(CC(C)=C(C#N)C#N)cc1OC. The molecule has 0 heterocycles. The van der Waals surface area contributed by atoms with Crippen LogP contribution in [0.4, 0.5) is 0 Å². The number of hydrogen-bond donors (Lipinski definition) is 0. The number of nitrogens with zero attached hydrogens (tertiary/aromatic N) is 2. The third-order valence-corrected chi connectivity index (χ3v) is 2.57. The molecule has 0 bridgehead atoms. The molecule has 0 aliphatic carbocycles. The average molecular weight is 242 g/mol. The molecule has 92 valence electrons. The Labute approximate surface area is 107 Å². The quantitative estimate of drug-likeness (QED) is 0.761. The molecule has 1 aromatic carbocycles. The topological polar surface area (TPSA) is 66.0 Å². The molecule has 18 heavy (non-hydrogen) atoms. The molecule has 4 heteroatoms. The van der Waals surface area contributed by atoms with E-state index in [9.17, 15) is 0 Å². The Hall–Kier alpha value is -2.46. The predicted molar refractivity (Wildman–Crippen MR) is 67.2 cm³/mol. The second-order valence-corrected chi connectivity index (χ2v) is 3.75. The zero-order valence-corrected chi connectivity index (χ0v) is 10.7. The molecule has 0 amide bonds. The van der Waals surface area contributed by atoms with Gasteiger partial charge in [-0.2, -0.15) is 10.5 Å². The van der Waals surface area contributed by atoms with Crippen LogP contribution >= 0.6 is 0 Å². The van der Waals surface area contributed by atoms with Gasteiger partial charge in [0, 0.05) is 0 Å². The van der Waals surface area contributed by atoms with Gasteiger partial charge in [0.25, 0.3) is 0 Å². The Morgan fingerprint density at radius 3 is 2.22 bits per heavy atom. The van der Waals surface area contributed by atoms with Crippen LogP contribution in [0.5, 0.6) is 11.5 Å². The number of methoxy groups -OCH3 is 2. The van der Waals surface area contributed by atoms with Crippen molar-refractivity contribution in [3.63, 3.8) is 0 Å². The molecule has 1 rings (SSSR count). The van der Waals surface area contributed by atoms with E-state index in [1.807, 2.05) is 24.3 Å². The summed E-state index contributed by atoms with van der Waals surface area (Å²) in [6.45, 7) is 1.78. The first kappa shape index (κ1) is 13.6. The van der Waals surface area contributed by atoms with Crippen LogP contribution in [0.15, 0.2) is 29.3 Å². The van der Waals surface area contributed by atoms with Crippen molar-refractivity contribution in [3.8, 4) is 23.6 Å². The summed E-state index contributed by atoms with van der Waals surface area (Å²) in [7, 11) is 3.15. The molecule has 4 nitrogen and oxygen atoms in total. The molecule has 0 fully saturated rings. The van der Waals surface area contributed by atoms with E-state index < -0.39 is 0 Å². The summed E-state index contributed by atoms with van der Waals surface area (Å²) >= 11 is 0. The Bertz CT molecular complexity index is 532. The molecule has 0 unspecified atom stereocenters. The first-order valence-electron chi connectivity index (χ1n) is 5.37. The second-order valence-electron chi connectivity index (χ2n) is 3.75. The largest absolute Gasteiger partial charge is 0.493 e. The van der Waals surface area contributed by atoms with Crippen LogP contribution in [-0.2, 0) is 6.42 Å². The van der Waals surface area contributed by atoms with E-state index in [2.05, 4.69) is 0 Å². The van der Waals surface area contributed by atoms with Gasteiger partial charge in [-0.3, -0.25) is 0 Å². The molecule has 0 aliphatic rings. The van der Waals surface area contributed by atoms with Crippen LogP contribution in [-0.4, -0.2) is 14.2 Å². The van der Waals surface area contributed by atoms with E-state index in [1.54, 1.807) is 27.2 Å². The van der Waals surface area contributed by atoms with Gasteiger partial charge in [0.05, 0.1) is 14.2 Å². The number of hydrogen-bond acceptors (Lipinski definition) is 4. The lowest BCUT2D eigenvalue weighted by Crippen LogP contribution is -1.94. The lowest BCUT2D eigenvalue weighted by Gasteiger charge is -2.09. The van der Waals surface area contributed by atoms with Crippen LogP contribution in [0.1, 0.15) is 12.5 Å². The van der Waals surface area contributed by atoms with Gasteiger partial charge in [0.2, 0.25) is 0 Å². The van der Waals surface area contributed by atoms with E-state index in [4.69, 9.17) is 20.0 Å². The monoisotopic (exact) mass is 242 g/mol. The Balaban J connectivity index is 3.04. The van der Waals surface area contributed by atoms with Gasteiger partial charge in [0.15, 0.2) is 11.5 Å². The number of benzene rings is 1. The van der Waals surface area contributed by atoms with Crippen molar-refractivity contribution in [1.29, 1.82) is 10.5 Å². The van der Waals surface area contributed by atoms with E-state index in [-0.39, 0.29) is 5.57 Å². The highest BCUT2D eigenvalue weighted by Crippen LogP contribution is 2.28. The zero-order valence-electron chi connectivity index (χ0n) is 10.7. The Kier molecular flexibility index (Phi) is 4.78. The third kappa shape index (κ3) is 3.02. The van der Waals surface area contributed by atoms with E-state index in [1.165, 1.54) is 0 Å². The van der Waals surface area contributed by atoms with E-state index >= 15 is 0 Å². The molecule has 0 N–H and O–H groups in total. The summed E-state index contributed by atoms with van der Waals surface area (Å²) < 4.78 is 10.3. The van der Waals surface area contributed by atoms with Gasteiger partial charge in [0.1, 0.15) is 17.7 Å². The summed E-state index contributed by atoms with van der Waals surface area (Å²) in [6.07, 6.45) is 0.538. The summed E-state index contributed by atoms with van der Waals surface area (Å²) in [6, 6.07) is 9.30. The lowest BCUT2D eigenvalue weighted by atomic mass is 10.0. The molecule has 0 radical (unpaired) electrons. The molecule has 0 aromatic heterocycles. The minimum atomic E-state index is 0.157. The fraction of sp³-hybridized carbons (Fsp3) is 0.286. The maximum absolute atomic E-state index is 8.78. The van der Waals surface area contributed by atoms with Crippen molar-refractivity contribution in [3.05, 3.63) is 34.9 Å². The van der Waals surface area contributed by atoms with Gasteiger partial charge >= 0.3 is 0 Å². The maximum atomic E-state index is 8.78. The van der Waals surface area contributed by atoms with Crippen LogP contribution in [0.3, 0.4) is 0 Å². The normalized spacial score (nSPS) is 8.94. The number of ether oxygens (including phenoxy) is 2. The van der Waals surface area contributed by atoms with Crippen LogP contribution in [0.25, 0.3) is 0 Å². The maximum Gasteiger partial charge on any atom is 0.160 e. The summed E-state index contributed by atoms with van der Waals surface area (Å²) in [4.78, 5) is 0. The van der Waals surface area contributed by atoms with Gasteiger partial charge in [-0.15, -0.1) is 0 Å². The highest BCUT2D eigenvalue weighted by Gasteiger charge is 2.07. The third-order valence-electron chi connectivity index (χ3n) is 2.57. The van der Waals surface area contributed by atoms with Gasteiger partial charge < -0.3 is 9.47 Å². The summed E-state index contributed by atoms with van der Waals surface area (Å²) in [5.41, 5.74) is 1.87. The summed E-state index contributed by atoms with van der Waals surface area (Å²) in [5.74, 6) is 1.29. The van der Waals surface area contributed by atoms with E-state index in [0.29, 0.717) is 17.9 Å². The molecule has 1 aromatic rings. The van der Waals surface area contributed by atoms with Gasteiger partial charge in [-0.1, -0.05) is 6.07 Å². The zero-order chi connectivity index (χ0) is 13.5. The minimum absolute atomic E-state index is 0.157. The molecule has 0 aliphatic heterocycles. The van der Waals surface area contributed by atoms with Crippen molar-refractivity contribution < 1.29 is 9.47 Å². The standard InChI is InChI=1S/C14H14N2O2/c1-10(12(8-15)9-16)6-11-4-5-13(17-2)14(7-11)18-3/h4-5,7H,6H2,1-3H3. The highest BCUT2D eigenvalue weighted by molar-refractivity contribution is 5.46. The minimum Gasteiger partial charge on any atom is -0.493 e. The average Bonchev–Trinajstić information content (AvgIpc) is 2.40. The van der Waals surface area contributed by atoms with Crippen LogP contribution in [0, 0.1) is 22.7 Å². The van der Waals surface area contributed by atoms with Crippen molar-refractivity contribution in [2.45, 2.75) is 13.3 Å². The molecular weight excluding hydrogens is 228 g/mol. The van der Waals surface area contributed by atoms with Crippen molar-refractivity contribution in [2.24, 2.45) is 0 Å². The van der Waals surface area contributed by atoms with E-state index in [0.717, 1.165) is 11.1 Å². The van der Waals surface area contributed by atoms with Gasteiger partial charge in [-0.25, -0.2) is 0 Å². The highest BCUT2D eigenvalue weighted by atomic mass is 16.5. The summed E-state index contributed by atoms with van der Waals surface area (Å²) in [5, 5.41) is 17.6. The first-order valence-corrected chi connectivity index (χ1v) is 5.37. The van der Waals surface area contributed by atoms with Gasteiger partial charge in [-0.05, 0) is 36.6 Å². The fourth-order valence-electron chi connectivity index (χ4n) is 1.60. The Morgan fingerprint density at radius 1 is 1.11 bits per heavy atom. The number of allylic oxidation sites excluding steroid dienone is 2. The van der Waals surface area contributed by atoms with Crippen molar-refractivity contribution in [1.82, 2.24) is 0 Å². The second kappa shape index (κ2) is 6.32. The molecule has 0 atom stereocenters. The van der Waals surface area contributed by atoms with Crippen LogP contribution < -0.4 is 9.47 Å². The number of rotatable bonds is 4. The molecule has 0 saturated carbocycles. The van der Waals surface area contributed by atoms with Crippen molar-refractivity contribution in [2.75, 3.05) is 14.2 Å². The molecule has 0 spiro atoms. The molecule has 0 saturated heterocycles. The fourth-order valence-corrected chi connectivity index (χ4v) is 1.60. The Morgan fingerprint density at radius 2 is 1.72 bits per heavy atom. The lowest BCUT2D eigenvalue weighted by molar-refractivity contribution is 0.354.